The van der Waals surface area contributed by atoms with Crippen LogP contribution in [0.4, 0.5) is 26.3 Å². The molecule has 0 aliphatic heterocycles. The molecule has 4 aromatic heterocycles. The van der Waals surface area contributed by atoms with E-state index in [0.717, 1.165) is 16.9 Å². The Morgan fingerprint density at radius 2 is 1.74 bits per heavy atom. The minimum absolute atomic E-state index is 0.00655. The van der Waals surface area contributed by atoms with Gasteiger partial charge in [0.1, 0.15) is 22.7 Å². The van der Waals surface area contributed by atoms with Gasteiger partial charge in [0, 0.05) is 11.6 Å². The molecule has 0 fully saturated rings. The molecule has 0 unspecified atom stereocenters. The molecule has 5 nitrogen and oxygen atoms in total. The summed E-state index contributed by atoms with van der Waals surface area (Å²) in [4.78, 5) is 11.5. The van der Waals surface area contributed by atoms with E-state index >= 15 is 0 Å². The van der Waals surface area contributed by atoms with Crippen molar-refractivity contribution in [3.05, 3.63) is 47.7 Å². The van der Waals surface area contributed by atoms with Crippen LogP contribution in [0.15, 0.2) is 35.2 Å². The number of pyridine rings is 2. The Bertz CT molecular complexity index is 1170. The van der Waals surface area contributed by atoms with E-state index in [0.29, 0.717) is 5.69 Å². The van der Waals surface area contributed by atoms with Crippen molar-refractivity contribution in [2.45, 2.75) is 19.3 Å². The molecule has 0 saturated carbocycles. The van der Waals surface area contributed by atoms with Crippen LogP contribution >= 0.6 is 0 Å². The zero-order valence-electron chi connectivity index (χ0n) is 13.4. The van der Waals surface area contributed by atoms with Gasteiger partial charge in [-0.15, -0.1) is 0 Å². The van der Waals surface area contributed by atoms with Gasteiger partial charge in [0.25, 0.3) is 0 Å². The van der Waals surface area contributed by atoms with Crippen LogP contribution in [0.1, 0.15) is 17.0 Å². The maximum absolute atomic E-state index is 13.3. The first-order valence-electron chi connectivity index (χ1n) is 7.43. The van der Waals surface area contributed by atoms with E-state index in [1.165, 1.54) is 12.3 Å². The summed E-state index contributed by atoms with van der Waals surface area (Å²) in [6.45, 7) is 1.63. The highest BCUT2D eigenvalue weighted by Crippen LogP contribution is 2.39. The fraction of sp³-hybridized carbons (Fsp3) is 0.188. The van der Waals surface area contributed by atoms with Crippen LogP contribution in [0, 0.1) is 6.92 Å². The Labute approximate surface area is 146 Å². The lowest BCUT2D eigenvalue weighted by Crippen LogP contribution is -2.14. The van der Waals surface area contributed by atoms with Crippen LogP contribution in [-0.4, -0.2) is 19.4 Å². The molecule has 4 aromatic rings. The van der Waals surface area contributed by atoms with Crippen LogP contribution in [0.25, 0.3) is 28.1 Å². The van der Waals surface area contributed by atoms with Crippen LogP contribution < -0.4 is 0 Å². The molecule has 0 saturated heterocycles. The van der Waals surface area contributed by atoms with E-state index < -0.39 is 34.6 Å². The third-order valence-corrected chi connectivity index (χ3v) is 3.97. The summed E-state index contributed by atoms with van der Waals surface area (Å²) in [5.41, 5.74) is -2.76. The molecule has 27 heavy (non-hydrogen) atoms. The Kier molecular flexibility index (Phi) is 3.49. The zero-order valence-corrected chi connectivity index (χ0v) is 13.4. The second-order valence-corrected chi connectivity index (χ2v) is 5.74. The zero-order chi connectivity index (χ0) is 19.6. The fourth-order valence-corrected chi connectivity index (χ4v) is 2.77. The molecule has 0 aromatic carbocycles. The minimum Gasteiger partial charge on any atom is -0.442 e. The number of hydrogen-bond donors (Lipinski definition) is 0. The predicted octanol–water partition coefficient (Wildman–Crippen LogP) is 4.88. The van der Waals surface area contributed by atoms with Gasteiger partial charge in [-0.2, -0.15) is 26.3 Å². The van der Waals surface area contributed by atoms with Crippen molar-refractivity contribution in [2.24, 2.45) is 0 Å². The quantitative estimate of drug-likeness (QED) is 0.438. The second-order valence-electron chi connectivity index (χ2n) is 5.74. The summed E-state index contributed by atoms with van der Waals surface area (Å²) in [6, 6.07) is 2.32. The van der Waals surface area contributed by atoms with Crippen molar-refractivity contribution in [1.29, 1.82) is 0 Å². The van der Waals surface area contributed by atoms with Crippen LogP contribution in [0.3, 0.4) is 0 Å². The summed E-state index contributed by atoms with van der Waals surface area (Å²) in [6.07, 6.45) is -7.60. The van der Waals surface area contributed by atoms with Gasteiger partial charge < -0.3 is 4.42 Å². The first-order chi connectivity index (χ1) is 12.6. The summed E-state index contributed by atoms with van der Waals surface area (Å²) in [5.74, 6) is 0.259. The number of imidazole rings is 1. The molecule has 0 atom stereocenters. The monoisotopic (exact) mass is 386 g/mol. The lowest BCUT2D eigenvalue weighted by Gasteiger charge is -2.14. The largest absolute Gasteiger partial charge is 0.442 e. The van der Waals surface area contributed by atoms with E-state index in [1.807, 2.05) is 0 Å². The highest BCUT2D eigenvalue weighted by molar-refractivity contribution is 5.83. The van der Waals surface area contributed by atoms with Gasteiger partial charge in [0.2, 0.25) is 0 Å². The number of hydrogen-bond acceptors (Lipinski definition) is 4. The molecule has 0 radical (unpaired) electrons. The number of halogens is 6. The molecular weight excluding hydrogens is 378 g/mol. The topological polar surface area (TPSA) is 56.2 Å². The maximum atomic E-state index is 13.3. The number of aryl methyl sites for hydroxylation is 1. The van der Waals surface area contributed by atoms with Gasteiger partial charge in [-0.05, 0) is 25.1 Å². The van der Waals surface area contributed by atoms with Crippen molar-refractivity contribution in [1.82, 2.24) is 19.4 Å². The summed E-state index contributed by atoms with van der Waals surface area (Å²) >= 11 is 0. The van der Waals surface area contributed by atoms with Crippen LogP contribution in [0.2, 0.25) is 0 Å². The Hall–Kier alpha value is -3.11. The standard InChI is InChI=1S/C16H8F6N4O/c1-7-13(27-6-23-7)10-5-26-12(24-10)3-2-8-9(15(17,18)19)4-11(16(20,21)22)25-14(8)26/h2-6H,1H3. The van der Waals surface area contributed by atoms with E-state index in [-0.39, 0.29) is 23.2 Å². The number of rotatable bonds is 1. The third-order valence-electron chi connectivity index (χ3n) is 3.97. The Morgan fingerprint density at radius 3 is 2.33 bits per heavy atom. The average molecular weight is 386 g/mol. The van der Waals surface area contributed by atoms with Gasteiger partial charge in [-0.25, -0.2) is 15.0 Å². The Morgan fingerprint density at radius 1 is 1.00 bits per heavy atom. The molecule has 0 bridgehead atoms. The number of oxazole rings is 1. The third kappa shape index (κ3) is 2.78. The van der Waals surface area contributed by atoms with Gasteiger partial charge >= 0.3 is 12.4 Å². The number of nitrogens with zero attached hydrogens (tertiary/aromatic N) is 4. The highest BCUT2D eigenvalue weighted by atomic mass is 19.4. The normalized spacial score (nSPS) is 13.0. The minimum atomic E-state index is -5.04. The molecule has 4 rings (SSSR count). The molecule has 0 spiro atoms. The molecule has 11 heteroatoms. The fourth-order valence-electron chi connectivity index (χ4n) is 2.77. The SMILES string of the molecule is Cc1ncoc1-c1cn2c(ccc3c(C(F)(F)F)cc(C(F)(F)F)nc32)n1. The molecular formula is C16H8F6N4O. The lowest BCUT2D eigenvalue weighted by molar-refractivity contribution is -0.144. The van der Waals surface area contributed by atoms with E-state index in [2.05, 4.69) is 15.0 Å². The van der Waals surface area contributed by atoms with Crippen molar-refractivity contribution in [3.63, 3.8) is 0 Å². The first-order valence-corrected chi connectivity index (χ1v) is 7.43. The number of aromatic nitrogens is 4. The van der Waals surface area contributed by atoms with Gasteiger partial charge in [0.05, 0.1) is 11.3 Å². The molecule has 140 valence electrons. The van der Waals surface area contributed by atoms with Gasteiger partial charge in [-0.3, -0.25) is 4.40 Å². The molecule has 0 amide bonds. The molecule has 0 aliphatic carbocycles. The second kappa shape index (κ2) is 5.44. The molecule has 0 aliphatic rings. The number of fused-ring (bicyclic) bond motifs is 3. The summed E-state index contributed by atoms with van der Waals surface area (Å²) in [7, 11) is 0. The Balaban J connectivity index is 2.08. The van der Waals surface area contributed by atoms with Gasteiger partial charge in [-0.1, -0.05) is 0 Å². The van der Waals surface area contributed by atoms with Crippen molar-refractivity contribution >= 4 is 16.7 Å². The van der Waals surface area contributed by atoms with E-state index in [1.54, 1.807) is 6.92 Å². The summed E-state index contributed by atoms with van der Waals surface area (Å²) < 4.78 is 85.5. The molecule has 4 heterocycles. The highest BCUT2D eigenvalue weighted by Gasteiger charge is 2.39. The molecule has 0 N–H and O–H groups in total. The predicted molar refractivity (Wildman–Crippen MR) is 80.7 cm³/mol. The maximum Gasteiger partial charge on any atom is 0.433 e. The first kappa shape index (κ1) is 17.3. The lowest BCUT2D eigenvalue weighted by atomic mass is 10.1. The smallest absolute Gasteiger partial charge is 0.433 e. The van der Waals surface area contributed by atoms with Gasteiger partial charge in [0.15, 0.2) is 12.2 Å². The van der Waals surface area contributed by atoms with Crippen molar-refractivity contribution in [3.8, 4) is 11.5 Å². The summed E-state index contributed by atoms with van der Waals surface area (Å²) in [5, 5.41) is -0.471. The average Bonchev–Trinajstić information content (AvgIpc) is 3.17. The van der Waals surface area contributed by atoms with Crippen LogP contribution in [-0.2, 0) is 12.4 Å². The van der Waals surface area contributed by atoms with Crippen LogP contribution in [0.5, 0.6) is 0 Å². The van der Waals surface area contributed by atoms with Crippen molar-refractivity contribution in [2.75, 3.05) is 0 Å². The van der Waals surface area contributed by atoms with E-state index in [9.17, 15) is 26.3 Å². The van der Waals surface area contributed by atoms with E-state index in [4.69, 9.17) is 4.42 Å². The number of alkyl halides is 6. The van der Waals surface area contributed by atoms with Crippen molar-refractivity contribution < 1.29 is 30.8 Å².